The maximum Gasteiger partial charge on any atom is 0.235 e. The summed E-state index contributed by atoms with van der Waals surface area (Å²) in [6, 6.07) is 7.95. The van der Waals surface area contributed by atoms with E-state index in [2.05, 4.69) is 10.3 Å². The molecule has 0 aromatic heterocycles. The molecular formula is C12H13ClN2O. The Morgan fingerprint density at radius 3 is 3.06 bits per heavy atom. The second kappa shape index (κ2) is 4.66. The van der Waals surface area contributed by atoms with Crippen LogP contribution in [0.1, 0.15) is 6.92 Å². The summed E-state index contributed by atoms with van der Waals surface area (Å²) < 4.78 is 0. The van der Waals surface area contributed by atoms with E-state index in [0.717, 1.165) is 16.1 Å². The fourth-order valence-corrected chi connectivity index (χ4v) is 1.95. The fourth-order valence-electron chi connectivity index (χ4n) is 1.88. The first-order valence-corrected chi connectivity index (χ1v) is 5.73. The van der Waals surface area contributed by atoms with Crippen molar-refractivity contribution in [2.24, 2.45) is 4.99 Å². The average molecular weight is 237 g/mol. The van der Waals surface area contributed by atoms with Gasteiger partial charge < -0.3 is 5.32 Å². The zero-order valence-electron chi connectivity index (χ0n) is 9.03. The second-order valence-corrected chi connectivity index (χ2v) is 4.05. The minimum Gasteiger partial charge on any atom is -0.349 e. The maximum atomic E-state index is 11.2. The summed E-state index contributed by atoms with van der Waals surface area (Å²) in [5.74, 6) is -0.151. The first kappa shape index (κ1) is 11.1. The lowest BCUT2D eigenvalue weighted by Crippen LogP contribution is -2.37. The number of nitrogens with zero attached hydrogens (tertiary/aromatic N) is 1. The second-order valence-electron chi connectivity index (χ2n) is 3.78. The van der Waals surface area contributed by atoms with Crippen LogP contribution in [-0.2, 0) is 4.79 Å². The Labute approximate surface area is 98.8 Å². The number of amides is 1. The third kappa shape index (κ3) is 2.09. The lowest BCUT2D eigenvalue weighted by molar-refractivity contribution is -0.118. The molecule has 1 aromatic rings. The van der Waals surface area contributed by atoms with E-state index in [1.807, 2.05) is 31.2 Å². The molecule has 0 aliphatic carbocycles. The predicted octanol–water partition coefficient (Wildman–Crippen LogP) is 0.214. The summed E-state index contributed by atoms with van der Waals surface area (Å²) in [4.78, 5) is 15.6. The molecule has 3 nitrogen and oxygen atoms in total. The zero-order chi connectivity index (χ0) is 11.5. The van der Waals surface area contributed by atoms with Crippen molar-refractivity contribution >= 4 is 23.1 Å². The zero-order valence-corrected chi connectivity index (χ0v) is 9.79. The van der Waals surface area contributed by atoms with Crippen molar-refractivity contribution in [3.8, 4) is 0 Å². The summed E-state index contributed by atoms with van der Waals surface area (Å²) >= 11 is 5.46. The molecule has 1 amide bonds. The van der Waals surface area contributed by atoms with Gasteiger partial charge in [0.1, 0.15) is 5.88 Å². The number of nitrogens with one attached hydrogen (secondary N) is 1. The highest BCUT2D eigenvalue weighted by Gasteiger charge is 2.15. The van der Waals surface area contributed by atoms with Gasteiger partial charge in [0, 0.05) is 11.3 Å². The highest BCUT2D eigenvalue weighted by Crippen LogP contribution is 2.04. The third-order valence-electron chi connectivity index (χ3n) is 2.69. The Balaban J connectivity index is 2.31. The quantitative estimate of drug-likeness (QED) is 0.750. The van der Waals surface area contributed by atoms with Crippen molar-refractivity contribution < 1.29 is 4.79 Å². The van der Waals surface area contributed by atoms with Crippen LogP contribution in [0.5, 0.6) is 0 Å². The minimum atomic E-state index is -0.147. The number of para-hydroxylation sites is 1. The van der Waals surface area contributed by atoms with Crippen molar-refractivity contribution in [1.29, 1.82) is 0 Å². The van der Waals surface area contributed by atoms with Crippen molar-refractivity contribution in [3.63, 3.8) is 0 Å². The standard InChI is InChI=1S/C12H13ClN2O/c1-8(15-12(16)6-13)10-7-14-11-5-3-2-4-9(10)11/h2-5,8H,6-7H2,1H3,(H,15,16)/t8-/m0/s1. The van der Waals surface area contributed by atoms with Crippen LogP contribution in [0.15, 0.2) is 29.3 Å². The molecule has 1 N–H and O–H groups in total. The van der Waals surface area contributed by atoms with Crippen LogP contribution in [0.2, 0.25) is 0 Å². The van der Waals surface area contributed by atoms with Crippen molar-refractivity contribution in [1.82, 2.24) is 5.32 Å². The Morgan fingerprint density at radius 2 is 2.31 bits per heavy atom. The molecule has 0 saturated carbocycles. The molecule has 16 heavy (non-hydrogen) atoms. The van der Waals surface area contributed by atoms with E-state index in [-0.39, 0.29) is 17.8 Å². The molecule has 0 unspecified atom stereocenters. The Kier molecular flexibility index (Phi) is 3.25. The predicted molar refractivity (Wildman–Crippen MR) is 63.8 cm³/mol. The number of halogens is 1. The number of hydrogen-bond acceptors (Lipinski definition) is 2. The van der Waals surface area contributed by atoms with Gasteiger partial charge in [-0.15, -0.1) is 11.6 Å². The van der Waals surface area contributed by atoms with Crippen LogP contribution >= 0.6 is 11.6 Å². The Morgan fingerprint density at radius 1 is 1.56 bits per heavy atom. The van der Waals surface area contributed by atoms with Crippen molar-refractivity contribution in [2.45, 2.75) is 13.0 Å². The molecule has 4 heteroatoms. The van der Waals surface area contributed by atoms with Gasteiger partial charge in [0.05, 0.1) is 11.9 Å². The molecule has 84 valence electrons. The van der Waals surface area contributed by atoms with Crippen LogP contribution < -0.4 is 15.9 Å². The summed E-state index contributed by atoms with van der Waals surface area (Å²) in [6.07, 6.45) is 0. The molecule has 0 radical (unpaired) electrons. The van der Waals surface area contributed by atoms with Gasteiger partial charge in [-0.1, -0.05) is 18.2 Å². The SMILES string of the molecule is C[C@H](NC(=O)CCl)C1=c2ccccc2=NC1. The lowest BCUT2D eigenvalue weighted by Gasteiger charge is -2.13. The van der Waals surface area contributed by atoms with Crippen LogP contribution in [0, 0.1) is 0 Å². The van der Waals surface area contributed by atoms with Crippen LogP contribution in [0.3, 0.4) is 0 Å². The number of alkyl halides is 1. The summed E-state index contributed by atoms with van der Waals surface area (Å²) in [6.45, 7) is 2.61. The van der Waals surface area contributed by atoms with Gasteiger partial charge in [-0.05, 0) is 18.6 Å². The van der Waals surface area contributed by atoms with E-state index in [0.29, 0.717) is 6.54 Å². The number of rotatable bonds is 3. The Bertz CT molecular complexity index is 524. The van der Waals surface area contributed by atoms with Gasteiger partial charge in [-0.2, -0.15) is 0 Å². The van der Waals surface area contributed by atoms with Crippen molar-refractivity contribution in [2.75, 3.05) is 12.4 Å². The molecular weight excluding hydrogens is 224 g/mol. The van der Waals surface area contributed by atoms with Gasteiger partial charge >= 0.3 is 0 Å². The average Bonchev–Trinajstić information content (AvgIpc) is 2.72. The van der Waals surface area contributed by atoms with E-state index in [1.165, 1.54) is 0 Å². The number of carbonyl (C=O) groups excluding carboxylic acids is 1. The van der Waals surface area contributed by atoms with E-state index in [4.69, 9.17) is 11.6 Å². The third-order valence-corrected chi connectivity index (χ3v) is 2.93. The normalized spacial score (nSPS) is 15.2. The van der Waals surface area contributed by atoms with Gasteiger partial charge in [-0.25, -0.2) is 0 Å². The van der Waals surface area contributed by atoms with Gasteiger partial charge in [0.25, 0.3) is 0 Å². The molecule has 0 saturated heterocycles. The molecule has 1 heterocycles. The van der Waals surface area contributed by atoms with E-state index in [1.54, 1.807) is 0 Å². The van der Waals surface area contributed by atoms with Gasteiger partial charge in [0.2, 0.25) is 5.91 Å². The lowest BCUT2D eigenvalue weighted by atomic mass is 10.1. The monoisotopic (exact) mass is 236 g/mol. The summed E-state index contributed by atoms with van der Waals surface area (Å²) in [5, 5.41) is 4.98. The molecule has 0 spiro atoms. The molecule has 1 aliphatic rings. The number of hydrogen-bond donors (Lipinski definition) is 1. The minimum absolute atomic E-state index is 0.00356. The van der Waals surface area contributed by atoms with Crippen LogP contribution in [0.25, 0.3) is 5.57 Å². The highest BCUT2D eigenvalue weighted by atomic mass is 35.5. The molecule has 2 rings (SSSR count). The number of carbonyl (C=O) groups is 1. The number of fused-ring (bicyclic) bond motifs is 1. The summed E-state index contributed by atoms with van der Waals surface area (Å²) in [7, 11) is 0. The smallest absolute Gasteiger partial charge is 0.235 e. The van der Waals surface area contributed by atoms with Crippen molar-refractivity contribution in [3.05, 3.63) is 34.8 Å². The first-order valence-electron chi connectivity index (χ1n) is 5.20. The topological polar surface area (TPSA) is 41.5 Å². The van der Waals surface area contributed by atoms with Gasteiger partial charge in [0.15, 0.2) is 0 Å². The van der Waals surface area contributed by atoms with Crippen LogP contribution in [-0.4, -0.2) is 24.4 Å². The molecule has 1 atom stereocenters. The number of benzene rings is 1. The highest BCUT2D eigenvalue weighted by molar-refractivity contribution is 6.27. The molecule has 0 bridgehead atoms. The van der Waals surface area contributed by atoms with E-state index >= 15 is 0 Å². The molecule has 0 fully saturated rings. The largest absolute Gasteiger partial charge is 0.349 e. The van der Waals surface area contributed by atoms with E-state index < -0.39 is 0 Å². The first-order chi connectivity index (χ1) is 7.72. The van der Waals surface area contributed by atoms with E-state index in [9.17, 15) is 4.79 Å². The van der Waals surface area contributed by atoms with Gasteiger partial charge in [-0.3, -0.25) is 9.79 Å². The molecule has 1 aliphatic heterocycles. The Hall–Kier alpha value is -1.35. The molecule has 1 aromatic carbocycles. The fraction of sp³-hybridized carbons (Fsp3) is 0.333. The maximum absolute atomic E-state index is 11.2. The van der Waals surface area contributed by atoms with Crippen LogP contribution in [0.4, 0.5) is 0 Å². The summed E-state index contributed by atoms with van der Waals surface area (Å²) in [5.41, 5.74) is 1.15.